The van der Waals surface area contributed by atoms with Crippen molar-refractivity contribution in [1.29, 1.82) is 0 Å². The summed E-state index contributed by atoms with van der Waals surface area (Å²) >= 11 is 6.16. The Labute approximate surface area is 131 Å². The number of halogens is 1. The standard InChI is InChI=1S/C18H21ClN2/c1-13-16(19)6-3-7-17(13)20-12-14-8-9-18-15(11-14)5-4-10-21(18)2/h3,6-9,11,20H,4-5,10,12H2,1-2H3. The Morgan fingerprint density at radius 1 is 1.24 bits per heavy atom. The zero-order valence-corrected chi connectivity index (χ0v) is 13.4. The molecule has 0 saturated heterocycles. The number of anilines is 2. The monoisotopic (exact) mass is 300 g/mol. The first-order valence-corrected chi connectivity index (χ1v) is 7.85. The van der Waals surface area contributed by atoms with E-state index in [1.807, 2.05) is 19.1 Å². The van der Waals surface area contributed by atoms with E-state index in [0.29, 0.717) is 0 Å². The minimum absolute atomic E-state index is 0.812. The normalized spacial score (nSPS) is 14.0. The molecule has 0 aromatic heterocycles. The van der Waals surface area contributed by atoms with Crippen LogP contribution in [0.2, 0.25) is 5.02 Å². The number of aryl methyl sites for hydroxylation is 1. The molecule has 110 valence electrons. The summed E-state index contributed by atoms with van der Waals surface area (Å²) in [7, 11) is 2.17. The topological polar surface area (TPSA) is 15.3 Å². The van der Waals surface area contributed by atoms with Crippen molar-refractivity contribution in [2.45, 2.75) is 26.3 Å². The van der Waals surface area contributed by atoms with Crippen LogP contribution in [0.25, 0.3) is 0 Å². The van der Waals surface area contributed by atoms with E-state index in [4.69, 9.17) is 11.6 Å². The quantitative estimate of drug-likeness (QED) is 0.888. The van der Waals surface area contributed by atoms with Crippen LogP contribution in [0.5, 0.6) is 0 Å². The van der Waals surface area contributed by atoms with Gasteiger partial charge in [-0.3, -0.25) is 0 Å². The lowest BCUT2D eigenvalue weighted by atomic mass is 9.99. The second-order valence-corrected chi connectivity index (χ2v) is 6.16. The fourth-order valence-electron chi connectivity index (χ4n) is 2.94. The van der Waals surface area contributed by atoms with E-state index in [-0.39, 0.29) is 0 Å². The number of fused-ring (bicyclic) bond motifs is 1. The summed E-state index contributed by atoms with van der Waals surface area (Å²) in [6.07, 6.45) is 2.43. The van der Waals surface area contributed by atoms with Crippen molar-refractivity contribution in [3.8, 4) is 0 Å². The molecule has 1 heterocycles. The van der Waals surface area contributed by atoms with Crippen molar-refractivity contribution in [2.75, 3.05) is 23.8 Å². The molecule has 0 saturated carbocycles. The Bertz CT molecular complexity index is 652. The summed E-state index contributed by atoms with van der Waals surface area (Å²) in [5, 5.41) is 4.30. The predicted octanol–water partition coefficient (Wildman–Crippen LogP) is 4.64. The molecule has 0 bridgehead atoms. The van der Waals surface area contributed by atoms with Gasteiger partial charge in [-0.05, 0) is 54.7 Å². The Hall–Kier alpha value is -1.67. The van der Waals surface area contributed by atoms with E-state index in [2.05, 4.69) is 41.5 Å². The lowest BCUT2D eigenvalue weighted by molar-refractivity contribution is 0.743. The molecule has 0 radical (unpaired) electrons. The van der Waals surface area contributed by atoms with E-state index >= 15 is 0 Å². The molecule has 2 nitrogen and oxygen atoms in total. The highest BCUT2D eigenvalue weighted by Gasteiger charge is 2.13. The fourth-order valence-corrected chi connectivity index (χ4v) is 3.12. The summed E-state index contributed by atoms with van der Waals surface area (Å²) < 4.78 is 0. The molecule has 2 aromatic carbocycles. The third-order valence-corrected chi connectivity index (χ3v) is 4.65. The summed E-state index contributed by atoms with van der Waals surface area (Å²) in [5.41, 5.74) is 6.38. The molecule has 0 spiro atoms. The van der Waals surface area contributed by atoms with Crippen LogP contribution in [-0.2, 0) is 13.0 Å². The first-order valence-electron chi connectivity index (χ1n) is 7.47. The van der Waals surface area contributed by atoms with Crippen molar-refractivity contribution >= 4 is 23.0 Å². The molecule has 1 aliphatic rings. The van der Waals surface area contributed by atoms with E-state index in [1.54, 1.807) is 0 Å². The van der Waals surface area contributed by atoms with Gasteiger partial charge in [0.25, 0.3) is 0 Å². The van der Waals surface area contributed by atoms with Crippen molar-refractivity contribution in [3.05, 3.63) is 58.1 Å². The van der Waals surface area contributed by atoms with Gasteiger partial charge in [0.1, 0.15) is 0 Å². The summed E-state index contributed by atoms with van der Waals surface area (Å²) in [4.78, 5) is 2.34. The van der Waals surface area contributed by atoms with Crippen LogP contribution in [-0.4, -0.2) is 13.6 Å². The first-order chi connectivity index (χ1) is 10.1. The molecule has 3 rings (SSSR count). The molecule has 2 aromatic rings. The third-order valence-electron chi connectivity index (χ3n) is 4.25. The summed E-state index contributed by atoms with van der Waals surface area (Å²) in [6.45, 7) is 4.04. The highest BCUT2D eigenvalue weighted by atomic mass is 35.5. The molecule has 0 aliphatic carbocycles. The smallest absolute Gasteiger partial charge is 0.0455 e. The maximum absolute atomic E-state index is 6.16. The Balaban J connectivity index is 1.75. The zero-order chi connectivity index (χ0) is 14.8. The van der Waals surface area contributed by atoms with Gasteiger partial charge in [0.15, 0.2) is 0 Å². The molecular weight excluding hydrogens is 280 g/mol. The van der Waals surface area contributed by atoms with E-state index in [9.17, 15) is 0 Å². The van der Waals surface area contributed by atoms with Crippen LogP contribution < -0.4 is 10.2 Å². The third kappa shape index (κ3) is 3.01. The Kier molecular flexibility index (Phi) is 4.07. The van der Waals surface area contributed by atoms with E-state index in [0.717, 1.165) is 29.4 Å². The van der Waals surface area contributed by atoms with Crippen molar-refractivity contribution in [1.82, 2.24) is 0 Å². The molecule has 21 heavy (non-hydrogen) atoms. The van der Waals surface area contributed by atoms with E-state index < -0.39 is 0 Å². The van der Waals surface area contributed by atoms with Crippen LogP contribution in [0.4, 0.5) is 11.4 Å². The molecule has 3 heteroatoms. The number of nitrogens with one attached hydrogen (secondary N) is 1. The lowest BCUT2D eigenvalue weighted by Crippen LogP contribution is -2.24. The van der Waals surface area contributed by atoms with Crippen LogP contribution in [0.15, 0.2) is 36.4 Å². The summed E-state index contributed by atoms with van der Waals surface area (Å²) in [6, 6.07) is 12.8. The fraction of sp³-hybridized carbons (Fsp3) is 0.333. The first kappa shape index (κ1) is 14.3. The van der Waals surface area contributed by atoms with Gasteiger partial charge in [-0.25, -0.2) is 0 Å². The average Bonchev–Trinajstić information content (AvgIpc) is 2.49. The van der Waals surface area contributed by atoms with Gasteiger partial charge in [0, 0.05) is 36.5 Å². The van der Waals surface area contributed by atoms with Crippen LogP contribution in [0.3, 0.4) is 0 Å². The van der Waals surface area contributed by atoms with Crippen LogP contribution >= 0.6 is 11.6 Å². The molecule has 0 unspecified atom stereocenters. The van der Waals surface area contributed by atoms with Crippen LogP contribution in [0.1, 0.15) is 23.1 Å². The van der Waals surface area contributed by atoms with Gasteiger partial charge in [0.2, 0.25) is 0 Å². The average molecular weight is 301 g/mol. The van der Waals surface area contributed by atoms with Gasteiger partial charge in [-0.15, -0.1) is 0 Å². The van der Waals surface area contributed by atoms with Crippen molar-refractivity contribution in [2.24, 2.45) is 0 Å². The summed E-state index contributed by atoms with van der Waals surface area (Å²) in [5.74, 6) is 0. The molecule has 0 atom stereocenters. The molecule has 0 fully saturated rings. The number of benzene rings is 2. The minimum Gasteiger partial charge on any atom is -0.381 e. The van der Waals surface area contributed by atoms with Gasteiger partial charge >= 0.3 is 0 Å². The van der Waals surface area contributed by atoms with Gasteiger partial charge in [-0.1, -0.05) is 29.8 Å². The molecular formula is C18H21ClN2. The lowest BCUT2D eigenvalue weighted by Gasteiger charge is -2.28. The molecule has 1 aliphatic heterocycles. The van der Waals surface area contributed by atoms with Gasteiger partial charge < -0.3 is 10.2 Å². The van der Waals surface area contributed by atoms with Crippen molar-refractivity contribution < 1.29 is 0 Å². The highest BCUT2D eigenvalue weighted by molar-refractivity contribution is 6.31. The minimum atomic E-state index is 0.812. The predicted molar refractivity (Wildman–Crippen MR) is 91.5 cm³/mol. The number of nitrogens with zero attached hydrogens (tertiary/aromatic N) is 1. The number of hydrogen-bond acceptors (Lipinski definition) is 2. The second kappa shape index (κ2) is 5.98. The van der Waals surface area contributed by atoms with E-state index in [1.165, 1.54) is 29.7 Å². The van der Waals surface area contributed by atoms with Gasteiger partial charge in [0.05, 0.1) is 0 Å². The van der Waals surface area contributed by atoms with Crippen LogP contribution in [0, 0.1) is 6.92 Å². The molecule has 0 amide bonds. The highest BCUT2D eigenvalue weighted by Crippen LogP contribution is 2.28. The number of rotatable bonds is 3. The maximum atomic E-state index is 6.16. The van der Waals surface area contributed by atoms with Crippen molar-refractivity contribution in [3.63, 3.8) is 0 Å². The van der Waals surface area contributed by atoms with Gasteiger partial charge in [-0.2, -0.15) is 0 Å². The maximum Gasteiger partial charge on any atom is 0.0455 e. The Morgan fingerprint density at radius 2 is 2.10 bits per heavy atom. The second-order valence-electron chi connectivity index (χ2n) is 5.75. The Morgan fingerprint density at radius 3 is 2.95 bits per heavy atom. The zero-order valence-electron chi connectivity index (χ0n) is 12.6. The number of hydrogen-bond donors (Lipinski definition) is 1. The molecule has 1 N–H and O–H groups in total. The largest absolute Gasteiger partial charge is 0.381 e. The SMILES string of the molecule is Cc1c(Cl)cccc1NCc1ccc2c(c1)CCCN2C.